The molecule has 0 radical (unpaired) electrons. The molecule has 0 unspecified atom stereocenters. The third kappa shape index (κ3) is 2.45. The first-order chi connectivity index (χ1) is 11.4. The Bertz CT molecular complexity index is 868. The monoisotopic (exact) mass is 330 g/mol. The molecule has 7 nitrogen and oxygen atoms in total. The highest BCUT2D eigenvalue weighted by molar-refractivity contribution is 6.16. The third-order valence-electron chi connectivity index (χ3n) is 3.65. The van der Waals surface area contributed by atoms with Crippen molar-refractivity contribution >= 4 is 11.9 Å². The number of ether oxygens (including phenoxy) is 2. The van der Waals surface area contributed by atoms with Gasteiger partial charge in [0.25, 0.3) is 0 Å². The first kappa shape index (κ1) is 15.5. The topological polar surface area (TPSA) is 116 Å². The first-order valence-corrected chi connectivity index (χ1v) is 6.95. The van der Waals surface area contributed by atoms with E-state index >= 15 is 0 Å². The molecule has 0 spiro atoms. The molecule has 4 N–H and O–H groups in total. The lowest BCUT2D eigenvalue weighted by Gasteiger charge is -2.21. The number of carbonyl (C=O) groups excluding carboxylic acids is 1. The van der Waals surface area contributed by atoms with Gasteiger partial charge in [0.15, 0.2) is 28.8 Å². The lowest BCUT2D eigenvalue weighted by atomic mass is 9.96. The summed E-state index contributed by atoms with van der Waals surface area (Å²) in [5.41, 5.74) is 0.527. The first-order valence-electron chi connectivity index (χ1n) is 6.95. The number of aromatic hydroxyl groups is 4. The van der Waals surface area contributed by atoms with Gasteiger partial charge in [0.05, 0.1) is 7.11 Å². The SMILES string of the molecule is COc1cc(O)c2c(c1O)OCC(=Cc1ccc(O)c(O)c1)C2=O. The lowest BCUT2D eigenvalue weighted by Crippen LogP contribution is -2.19. The van der Waals surface area contributed by atoms with Crippen LogP contribution in [0.15, 0.2) is 29.8 Å². The maximum Gasteiger partial charge on any atom is 0.201 e. The molecule has 0 fully saturated rings. The minimum atomic E-state index is -0.515. The highest BCUT2D eigenvalue weighted by Gasteiger charge is 2.31. The zero-order valence-corrected chi connectivity index (χ0v) is 12.6. The highest BCUT2D eigenvalue weighted by atomic mass is 16.5. The number of hydrogen-bond donors (Lipinski definition) is 4. The van der Waals surface area contributed by atoms with Crippen molar-refractivity contribution < 1.29 is 34.7 Å². The molecule has 0 saturated heterocycles. The zero-order chi connectivity index (χ0) is 17.4. The van der Waals surface area contributed by atoms with Gasteiger partial charge in [0.2, 0.25) is 5.75 Å². The predicted molar refractivity (Wildman–Crippen MR) is 83.9 cm³/mol. The lowest BCUT2D eigenvalue weighted by molar-refractivity contribution is 0.0995. The average Bonchev–Trinajstić information content (AvgIpc) is 2.56. The normalized spacial score (nSPS) is 15.0. The number of hydrogen-bond acceptors (Lipinski definition) is 7. The minimum Gasteiger partial charge on any atom is -0.507 e. The van der Waals surface area contributed by atoms with E-state index in [0.717, 1.165) is 6.07 Å². The summed E-state index contributed by atoms with van der Waals surface area (Å²) >= 11 is 0. The number of ketones is 1. The molecule has 0 bridgehead atoms. The fourth-order valence-electron chi connectivity index (χ4n) is 2.44. The molecule has 1 heterocycles. The predicted octanol–water partition coefficient (Wildman–Crippen LogP) is 2.18. The smallest absolute Gasteiger partial charge is 0.201 e. The molecule has 2 aromatic carbocycles. The Morgan fingerprint density at radius 2 is 1.83 bits per heavy atom. The van der Waals surface area contributed by atoms with E-state index in [1.807, 2.05) is 0 Å². The van der Waals surface area contributed by atoms with E-state index in [4.69, 9.17) is 9.47 Å². The van der Waals surface area contributed by atoms with Gasteiger partial charge in [-0.05, 0) is 23.8 Å². The number of phenols is 4. The van der Waals surface area contributed by atoms with Crippen LogP contribution in [0.25, 0.3) is 6.08 Å². The molecule has 3 rings (SSSR count). The second kappa shape index (κ2) is 5.69. The molecule has 0 aliphatic carbocycles. The molecular formula is C17H14O7. The fraction of sp³-hybridized carbons (Fsp3) is 0.118. The molecule has 1 aliphatic heterocycles. The van der Waals surface area contributed by atoms with Crippen LogP contribution in [0, 0.1) is 0 Å². The summed E-state index contributed by atoms with van der Waals surface area (Å²) in [5.74, 6) is -1.98. The fourth-order valence-corrected chi connectivity index (χ4v) is 2.44. The van der Waals surface area contributed by atoms with Gasteiger partial charge in [-0.2, -0.15) is 0 Å². The summed E-state index contributed by atoms with van der Waals surface area (Å²) in [7, 11) is 1.31. The van der Waals surface area contributed by atoms with Gasteiger partial charge in [0.1, 0.15) is 17.9 Å². The van der Waals surface area contributed by atoms with Crippen LogP contribution in [0.3, 0.4) is 0 Å². The van der Waals surface area contributed by atoms with Crippen molar-refractivity contribution in [2.45, 2.75) is 0 Å². The summed E-state index contributed by atoms with van der Waals surface area (Å²) < 4.78 is 10.3. The Morgan fingerprint density at radius 1 is 1.08 bits per heavy atom. The van der Waals surface area contributed by atoms with Gasteiger partial charge in [-0.1, -0.05) is 6.07 Å². The van der Waals surface area contributed by atoms with Gasteiger partial charge < -0.3 is 29.9 Å². The molecular weight excluding hydrogens is 316 g/mol. The third-order valence-corrected chi connectivity index (χ3v) is 3.65. The van der Waals surface area contributed by atoms with E-state index < -0.39 is 5.78 Å². The Balaban J connectivity index is 2.05. The Hall–Kier alpha value is -3.35. The second-order valence-corrected chi connectivity index (χ2v) is 5.19. The van der Waals surface area contributed by atoms with Gasteiger partial charge in [-0.15, -0.1) is 0 Å². The van der Waals surface area contributed by atoms with Crippen LogP contribution >= 0.6 is 0 Å². The number of carbonyl (C=O) groups is 1. The van der Waals surface area contributed by atoms with E-state index in [0.29, 0.717) is 5.56 Å². The summed E-state index contributed by atoms with van der Waals surface area (Å²) in [4.78, 5) is 12.6. The standard InChI is InChI=1S/C17H14O7/c1-23-13-6-12(20)14-15(21)9(7-24-17(14)16(13)22)4-8-2-3-10(18)11(19)5-8/h2-6,18-20,22H,7H2,1H3. The Labute approximate surface area is 136 Å². The molecule has 2 aromatic rings. The van der Waals surface area contributed by atoms with Crippen LogP contribution in [-0.4, -0.2) is 39.9 Å². The summed E-state index contributed by atoms with van der Waals surface area (Å²) in [5, 5.41) is 38.9. The van der Waals surface area contributed by atoms with Crippen molar-refractivity contribution in [3.63, 3.8) is 0 Å². The molecule has 7 heteroatoms. The van der Waals surface area contributed by atoms with Gasteiger partial charge in [-0.25, -0.2) is 0 Å². The quantitative estimate of drug-likeness (QED) is 0.379. The summed E-state index contributed by atoms with van der Waals surface area (Å²) in [6.45, 7) is -0.131. The van der Waals surface area contributed by atoms with E-state index in [1.54, 1.807) is 0 Å². The van der Waals surface area contributed by atoms with E-state index in [-0.39, 0.29) is 52.2 Å². The molecule has 1 aliphatic rings. The summed E-state index contributed by atoms with van der Waals surface area (Å²) in [6, 6.07) is 5.22. The number of fused-ring (bicyclic) bond motifs is 1. The molecule has 0 atom stereocenters. The van der Waals surface area contributed by atoms with Crippen LogP contribution in [0.5, 0.6) is 34.5 Å². The number of rotatable bonds is 2. The maximum atomic E-state index is 12.6. The molecule has 0 saturated carbocycles. The molecule has 24 heavy (non-hydrogen) atoms. The highest BCUT2D eigenvalue weighted by Crippen LogP contribution is 2.46. The maximum absolute atomic E-state index is 12.6. The van der Waals surface area contributed by atoms with Crippen LogP contribution in [0.4, 0.5) is 0 Å². The van der Waals surface area contributed by atoms with Crippen molar-refractivity contribution in [1.29, 1.82) is 0 Å². The van der Waals surface area contributed by atoms with E-state index in [9.17, 15) is 25.2 Å². The van der Waals surface area contributed by atoms with Crippen LogP contribution < -0.4 is 9.47 Å². The van der Waals surface area contributed by atoms with Crippen molar-refractivity contribution in [2.24, 2.45) is 0 Å². The zero-order valence-electron chi connectivity index (χ0n) is 12.6. The van der Waals surface area contributed by atoms with Crippen molar-refractivity contribution in [3.8, 4) is 34.5 Å². The van der Waals surface area contributed by atoms with Crippen molar-refractivity contribution in [2.75, 3.05) is 13.7 Å². The number of phenolic OH excluding ortho intramolecular Hbond substituents is 4. The largest absolute Gasteiger partial charge is 0.507 e. The number of benzene rings is 2. The summed E-state index contributed by atoms with van der Waals surface area (Å²) in [6.07, 6.45) is 1.46. The average molecular weight is 330 g/mol. The van der Waals surface area contributed by atoms with E-state index in [1.165, 1.54) is 31.4 Å². The van der Waals surface area contributed by atoms with Crippen molar-refractivity contribution in [3.05, 3.63) is 41.0 Å². The number of methoxy groups -OCH3 is 1. The van der Waals surface area contributed by atoms with E-state index in [2.05, 4.69) is 0 Å². The minimum absolute atomic E-state index is 0.00469. The molecule has 0 aromatic heterocycles. The molecule has 0 amide bonds. The van der Waals surface area contributed by atoms with Gasteiger partial charge in [0, 0.05) is 11.6 Å². The van der Waals surface area contributed by atoms with Crippen molar-refractivity contribution in [1.82, 2.24) is 0 Å². The van der Waals surface area contributed by atoms with Crippen LogP contribution in [-0.2, 0) is 0 Å². The van der Waals surface area contributed by atoms with Gasteiger partial charge in [-0.3, -0.25) is 4.79 Å². The Kier molecular flexibility index (Phi) is 3.69. The van der Waals surface area contributed by atoms with Crippen LogP contribution in [0.2, 0.25) is 0 Å². The molecule has 124 valence electrons. The van der Waals surface area contributed by atoms with Crippen LogP contribution in [0.1, 0.15) is 15.9 Å². The van der Waals surface area contributed by atoms with Gasteiger partial charge >= 0.3 is 0 Å². The number of Topliss-reactive ketones (excluding diaryl/α,β-unsaturated/α-hetero) is 1. The Morgan fingerprint density at radius 3 is 2.50 bits per heavy atom. The second-order valence-electron chi connectivity index (χ2n) is 5.19.